The summed E-state index contributed by atoms with van der Waals surface area (Å²) >= 11 is 7.89. The number of rotatable bonds is 9. The molecular weight excluding hydrogens is 611 g/mol. The molecule has 0 unspecified atom stereocenters. The minimum Gasteiger partial charge on any atom is -0.493 e. The predicted molar refractivity (Wildman–Crippen MR) is 150 cm³/mol. The Bertz CT molecular complexity index is 1300. The zero-order valence-electron chi connectivity index (χ0n) is 20.0. The van der Waals surface area contributed by atoms with Crippen molar-refractivity contribution in [3.05, 3.63) is 85.9 Å². The molecule has 0 heterocycles. The van der Waals surface area contributed by atoms with Crippen LogP contribution in [0.2, 0.25) is 5.02 Å². The number of benzene rings is 3. The second-order valence-corrected chi connectivity index (χ2v) is 9.34. The number of nitrogens with one attached hydrogen (secondary N) is 3. The van der Waals surface area contributed by atoms with Gasteiger partial charge < -0.3 is 20.1 Å². The highest BCUT2D eigenvalue weighted by molar-refractivity contribution is 14.1. The molecule has 3 amide bonds. The van der Waals surface area contributed by atoms with Crippen LogP contribution in [0.4, 0.5) is 5.69 Å². The Balaban J connectivity index is 1.53. The van der Waals surface area contributed by atoms with Gasteiger partial charge in [0, 0.05) is 17.3 Å². The molecule has 0 saturated carbocycles. The van der Waals surface area contributed by atoms with Gasteiger partial charge in [0.05, 0.1) is 16.9 Å². The normalized spacial score (nSPS) is 10.6. The molecule has 0 aliphatic rings. The first-order valence-corrected chi connectivity index (χ1v) is 12.4. The summed E-state index contributed by atoms with van der Waals surface area (Å²) in [4.78, 5) is 36.3. The number of hydrogen-bond acceptors (Lipinski definition) is 6. The molecule has 0 fully saturated rings. The van der Waals surface area contributed by atoms with Crippen molar-refractivity contribution in [1.82, 2.24) is 10.7 Å². The quantitative estimate of drug-likeness (QED) is 0.142. The molecule has 11 heteroatoms. The number of carbonyl (C=O) groups excluding carboxylic acids is 3. The number of aryl methyl sites for hydroxylation is 1. The molecule has 9 nitrogen and oxygen atoms in total. The molecule has 0 bridgehead atoms. The molecule has 0 aliphatic heterocycles. The van der Waals surface area contributed by atoms with E-state index in [0.29, 0.717) is 31.3 Å². The number of hydrazone groups is 1. The fourth-order valence-electron chi connectivity index (χ4n) is 3.01. The van der Waals surface area contributed by atoms with Gasteiger partial charge in [0.2, 0.25) is 0 Å². The Hall–Kier alpha value is -3.64. The lowest BCUT2D eigenvalue weighted by molar-refractivity contribution is -0.139. The smallest absolute Gasteiger partial charge is 0.329 e. The SMILES string of the molecule is COc1cc(/C=N\NC(=O)C(=O)NCc2ccc(C)cc2)cc(I)c1OCC(=O)Nc1ccc(Cl)cc1. The molecule has 0 saturated heterocycles. The van der Waals surface area contributed by atoms with E-state index in [1.54, 1.807) is 36.4 Å². The van der Waals surface area contributed by atoms with Crippen molar-refractivity contribution in [3.8, 4) is 11.5 Å². The van der Waals surface area contributed by atoms with Crippen LogP contribution in [0.5, 0.6) is 11.5 Å². The van der Waals surface area contributed by atoms with Gasteiger partial charge in [0.25, 0.3) is 5.91 Å². The van der Waals surface area contributed by atoms with E-state index in [-0.39, 0.29) is 19.1 Å². The summed E-state index contributed by atoms with van der Waals surface area (Å²) in [5.74, 6) is -1.29. The Morgan fingerprint density at radius 2 is 1.73 bits per heavy atom. The van der Waals surface area contributed by atoms with Crippen molar-refractivity contribution in [2.75, 3.05) is 19.0 Å². The Morgan fingerprint density at radius 3 is 2.41 bits per heavy atom. The number of methoxy groups -OCH3 is 1. The summed E-state index contributed by atoms with van der Waals surface area (Å²) in [6.07, 6.45) is 1.37. The minimum atomic E-state index is -0.892. The summed E-state index contributed by atoms with van der Waals surface area (Å²) in [6.45, 7) is 1.95. The van der Waals surface area contributed by atoms with Gasteiger partial charge in [-0.3, -0.25) is 14.4 Å². The molecule has 0 aliphatic carbocycles. The van der Waals surface area contributed by atoms with Gasteiger partial charge in [-0.2, -0.15) is 5.10 Å². The molecule has 3 rings (SSSR count). The Morgan fingerprint density at radius 1 is 1.03 bits per heavy atom. The summed E-state index contributed by atoms with van der Waals surface area (Å²) in [5.41, 5.74) is 5.36. The monoisotopic (exact) mass is 634 g/mol. The molecule has 192 valence electrons. The van der Waals surface area contributed by atoms with Gasteiger partial charge >= 0.3 is 11.8 Å². The van der Waals surface area contributed by atoms with E-state index in [0.717, 1.165) is 11.1 Å². The van der Waals surface area contributed by atoms with Gasteiger partial charge in [-0.1, -0.05) is 41.4 Å². The van der Waals surface area contributed by atoms with Gasteiger partial charge in [0.15, 0.2) is 18.1 Å². The lowest BCUT2D eigenvalue weighted by atomic mass is 10.1. The van der Waals surface area contributed by atoms with Crippen molar-refractivity contribution in [2.24, 2.45) is 5.10 Å². The number of ether oxygens (including phenoxy) is 2. The van der Waals surface area contributed by atoms with E-state index >= 15 is 0 Å². The number of amides is 3. The lowest BCUT2D eigenvalue weighted by Crippen LogP contribution is -2.37. The van der Waals surface area contributed by atoms with Gasteiger partial charge in [-0.25, -0.2) is 5.43 Å². The van der Waals surface area contributed by atoms with Crippen LogP contribution in [0.1, 0.15) is 16.7 Å². The van der Waals surface area contributed by atoms with E-state index in [1.807, 2.05) is 53.8 Å². The topological polar surface area (TPSA) is 118 Å². The number of nitrogens with zero attached hydrogens (tertiary/aromatic N) is 1. The van der Waals surface area contributed by atoms with Crippen LogP contribution < -0.4 is 25.5 Å². The first kappa shape index (κ1) is 27.9. The number of anilines is 1. The largest absolute Gasteiger partial charge is 0.493 e. The van der Waals surface area contributed by atoms with Crippen molar-refractivity contribution in [3.63, 3.8) is 0 Å². The van der Waals surface area contributed by atoms with E-state index in [9.17, 15) is 14.4 Å². The fraction of sp³-hybridized carbons (Fsp3) is 0.154. The van der Waals surface area contributed by atoms with Crippen molar-refractivity contribution < 1.29 is 23.9 Å². The molecule has 0 spiro atoms. The average Bonchev–Trinajstić information content (AvgIpc) is 2.88. The van der Waals surface area contributed by atoms with Crippen molar-refractivity contribution in [1.29, 1.82) is 0 Å². The van der Waals surface area contributed by atoms with Gasteiger partial charge in [-0.05, 0) is 77.0 Å². The van der Waals surface area contributed by atoms with Crippen LogP contribution in [0.3, 0.4) is 0 Å². The summed E-state index contributed by atoms with van der Waals surface area (Å²) in [5, 5.41) is 9.67. The van der Waals surface area contributed by atoms with Gasteiger partial charge in [0.1, 0.15) is 0 Å². The molecule has 37 heavy (non-hydrogen) atoms. The number of carbonyl (C=O) groups is 3. The molecule has 0 atom stereocenters. The number of halogens is 2. The van der Waals surface area contributed by atoms with E-state index < -0.39 is 11.8 Å². The maximum absolute atomic E-state index is 12.2. The fourth-order valence-corrected chi connectivity index (χ4v) is 3.91. The zero-order valence-corrected chi connectivity index (χ0v) is 22.9. The number of hydrogen-bond donors (Lipinski definition) is 3. The maximum atomic E-state index is 12.2. The zero-order chi connectivity index (χ0) is 26.8. The second kappa shape index (κ2) is 13.6. The standard InChI is InChI=1S/C26H24ClIN4O5/c1-16-3-5-17(6-4-16)13-29-25(34)26(35)32-30-14-18-11-21(28)24(22(12-18)36-2)37-15-23(33)31-20-9-7-19(27)8-10-20/h3-12,14H,13,15H2,1-2H3,(H,29,34)(H,31,33)(H,32,35)/b30-14-. The second-order valence-electron chi connectivity index (χ2n) is 7.75. The predicted octanol–water partition coefficient (Wildman–Crippen LogP) is 4.05. The van der Waals surface area contributed by atoms with Crippen LogP contribution in [0, 0.1) is 10.5 Å². The summed E-state index contributed by atoms with van der Waals surface area (Å²) in [7, 11) is 1.47. The average molecular weight is 635 g/mol. The van der Waals surface area contributed by atoms with Crippen LogP contribution in [-0.2, 0) is 20.9 Å². The highest BCUT2D eigenvalue weighted by Crippen LogP contribution is 2.33. The van der Waals surface area contributed by atoms with Crippen molar-refractivity contribution in [2.45, 2.75) is 13.5 Å². The third-order valence-electron chi connectivity index (χ3n) is 4.89. The minimum absolute atomic E-state index is 0.227. The Labute approximate surface area is 232 Å². The highest BCUT2D eigenvalue weighted by atomic mass is 127. The molecule has 0 radical (unpaired) electrons. The third kappa shape index (κ3) is 8.76. The van der Waals surface area contributed by atoms with Crippen LogP contribution in [0.25, 0.3) is 0 Å². The first-order chi connectivity index (χ1) is 17.7. The van der Waals surface area contributed by atoms with Crippen LogP contribution in [-0.4, -0.2) is 37.7 Å². The van der Waals surface area contributed by atoms with Crippen LogP contribution in [0.15, 0.2) is 65.8 Å². The first-order valence-electron chi connectivity index (χ1n) is 11.0. The summed E-state index contributed by atoms with van der Waals surface area (Å²) in [6, 6.07) is 17.7. The third-order valence-corrected chi connectivity index (χ3v) is 5.94. The van der Waals surface area contributed by atoms with E-state index in [1.165, 1.54) is 13.3 Å². The molecular formula is C26H24ClIN4O5. The molecule has 3 aromatic rings. The van der Waals surface area contributed by atoms with Crippen molar-refractivity contribution >= 4 is 63.8 Å². The van der Waals surface area contributed by atoms with E-state index in [4.69, 9.17) is 21.1 Å². The molecule has 3 aromatic carbocycles. The van der Waals surface area contributed by atoms with E-state index in [2.05, 4.69) is 21.2 Å². The summed E-state index contributed by atoms with van der Waals surface area (Å²) < 4.78 is 11.7. The molecule has 3 N–H and O–H groups in total. The molecule has 0 aromatic heterocycles. The maximum Gasteiger partial charge on any atom is 0.329 e. The van der Waals surface area contributed by atoms with Crippen LogP contribution >= 0.6 is 34.2 Å². The lowest BCUT2D eigenvalue weighted by Gasteiger charge is -2.13. The highest BCUT2D eigenvalue weighted by Gasteiger charge is 2.14. The Kier molecular flexibility index (Phi) is 10.3. The van der Waals surface area contributed by atoms with Gasteiger partial charge in [-0.15, -0.1) is 0 Å².